The van der Waals surface area contributed by atoms with Crippen molar-refractivity contribution in [1.29, 1.82) is 0 Å². The zero-order chi connectivity index (χ0) is 18.5. The first-order valence-electron chi connectivity index (χ1n) is 8.11. The Hall–Kier alpha value is -2.25. The molecule has 1 N–H and O–H groups in total. The van der Waals surface area contributed by atoms with E-state index in [1.807, 2.05) is 43.3 Å². The summed E-state index contributed by atoms with van der Waals surface area (Å²) in [6.45, 7) is 2.41. The molecule has 0 fully saturated rings. The number of carbonyl (C=O) groups is 1. The Balaban J connectivity index is 1.52. The number of benzene rings is 2. The minimum Gasteiger partial charge on any atom is -0.325 e. The Kier molecular flexibility index (Phi) is 6.00. The Morgan fingerprint density at radius 3 is 2.77 bits per heavy atom. The van der Waals surface area contributed by atoms with Crippen LogP contribution in [0, 0.1) is 6.92 Å². The fourth-order valence-electron chi connectivity index (χ4n) is 2.48. The molecule has 0 unspecified atom stereocenters. The number of amides is 1. The van der Waals surface area contributed by atoms with E-state index in [0.717, 1.165) is 15.6 Å². The number of aromatic nitrogens is 4. The summed E-state index contributed by atoms with van der Waals surface area (Å²) in [5.41, 5.74) is 2.46. The summed E-state index contributed by atoms with van der Waals surface area (Å²) < 4.78 is 0.879. The number of carbonyl (C=O) groups excluding carboxylic acids is 1. The van der Waals surface area contributed by atoms with Gasteiger partial charge in [0, 0.05) is 16.5 Å². The van der Waals surface area contributed by atoms with Gasteiger partial charge in [0.2, 0.25) is 11.7 Å². The van der Waals surface area contributed by atoms with Gasteiger partial charge < -0.3 is 5.32 Å². The lowest BCUT2D eigenvalue weighted by atomic mass is 10.2. The molecular weight excluding hydrogens is 418 g/mol. The molecule has 0 saturated heterocycles. The van der Waals surface area contributed by atoms with Crippen LogP contribution in [0.4, 0.5) is 5.69 Å². The topological polar surface area (TPSA) is 72.7 Å². The van der Waals surface area contributed by atoms with Gasteiger partial charge in [-0.15, -0.1) is 10.2 Å². The van der Waals surface area contributed by atoms with E-state index in [1.54, 1.807) is 6.07 Å². The highest BCUT2D eigenvalue weighted by Crippen LogP contribution is 2.30. The molecule has 8 heteroatoms. The third-order valence-electron chi connectivity index (χ3n) is 3.76. The first-order valence-corrected chi connectivity index (χ1v) is 9.29. The highest BCUT2D eigenvalue weighted by molar-refractivity contribution is 9.10. The van der Waals surface area contributed by atoms with Gasteiger partial charge >= 0.3 is 0 Å². The zero-order valence-electron chi connectivity index (χ0n) is 14.1. The van der Waals surface area contributed by atoms with E-state index >= 15 is 0 Å². The van der Waals surface area contributed by atoms with Crippen LogP contribution in [0.15, 0.2) is 46.9 Å². The van der Waals surface area contributed by atoms with Crippen LogP contribution in [0.5, 0.6) is 0 Å². The molecule has 0 aliphatic heterocycles. The number of nitrogens with one attached hydrogen (secondary N) is 1. The summed E-state index contributed by atoms with van der Waals surface area (Å²) in [4.78, 5) is 13.7. The average molecular weight is 435 g/mol. The zero-order valence-corrected chi connectivity index (χ0v) is 16.5. The minimum atomic E-state index is -0.0966. The van der Waals surface area contributed by atoms with Gasteiger partial charge in [0.25, 0.3) is 0 Å². The molecule has 6 nitrogen and oxygen atoms in total. The molecule has 1 heterocycles. The van der Waals surface area contributed by atoms with Crippen LogP contribution in [-0.2, 0) is 11.3 Å². The largest absolute Gasteiger partial charge is 0.325 e. The van der Waals surface area contributed by atoms with E-state index in [9.17, 15) is 4.79 Å². The third kappa shape index (κ3) is 4.68. The average Bonchev–Trinajstić information content (AvgIpc) is 3.08. The molecule has 0 aliphatic rings. The molecule has 3 rings (SSSR count). The van der Waals surface area contributed by atoms with E-state index in [0.29, 0.717) is 35.9 Å². The Morgan fingerprint density at radius 1 is 1.27 bits per heavy atom. The van der Waals surface area contributed by atoms with Crippen LogP contribution in [0.1, 0.15) is 18.4 Å². The fourth-order valence-corrected chi connectivity index (χ4v) is 3.50. The van der Waals surface area contributed by atoms with Crippen LogP contribution >= 0.6 is 27.5 Å². The van der Waals surface area contributed by atoms with Gasteiger partial charge in [-0.3, -0.25) is 4.79 Å². The van der Waals surface area contributed by atoms with Crippen LogP contribution in [0.3, 0.4) is 0 Å². The third-order valence-corrected chi connectivity index (χ3v) is 4.52. The second kappa shape index (κ2) is 8.42. The molecule has 26 heavy (non-hydrogen) atoms. The van der Waals surface area contributed by atoms with Gasteiger partial charge in [-0.1, -0.05) is 57.9 Å². The van der Waals surface area contributed by atoms with Crippen molar-refractivity contribution < 1.29 is 4.79 Å². The Bertz CT molecular complexity index is 890. The first-order chi connectivity index (χ1) is 12.5. The summed E-state index contributed by atoms with van der Waals surface area (Å²) in [5, 5.41) is 15.8. The fraction of sp³-hybridized carbons (Fsp3) is 0.222. The van der Waals surface area contributed by atoms with E-state index in [2.05, 4.69) is 36.7 Å². The smallest absolute Gasteiger partial charge is 0.224 e. The lowest BCUT2D eigenvalue weighted by molar-refractivity contribution is -0.116. The monoisotopic (exact) mass is 433 g/mol. The molecule has 0 radical (unpaired) electrons. The van der Waals surface area contributed by atoms with Gasteiger partial charge in [-0.05, 0) is 36.3 Å². The van der Waals surface area contributed by atoms with E-state index < -0.39 is 0 Å². The molecule has 1 amide bonds. The Labute approximate surface area is 164 Å². The van der Waals surface area contributed by atoms with E-state index in [1.165, 1.54) is 4.80 Å². The number of nitrogens with zero attached hydrogens (tertiary/aromatic N) is 4. The second-order valence-corrected chi connectivity index (χ2v) is 7.13. The van der Waals surface area contributed by atoms with Gasteiger partial charge in [0.05, 0.1) is 17.3 Å². The number of hydrogen-bond donors (Lipinski definition) is 1. The van der Waals surface area contributed by atoms with E-state index in [4.69, 9.17) is 11.6 Å². The highest BCUT2D eigenvalue weighted by atomic mass is 79.9. The molecule has 0 spiro atoms. The summed E-state index contributed by atoms with van der Waals surface area (Å²) in [6, 6.07) is 13.3. The van der Waals surface area contributed by atoms with Crippen molar-refractivity contribution in [2.45, 2.75) is 26.3 Å². The minimum absolute atomic E-state index is 0.0966. The van der Waals surface area contributed by atoms with Crippen molar-refractivity contribution in [1.82, 2.24) is 20.2 Å². The normalized spacial score (nSPS) is 10.7. The predicted octanol–water partition coefficient (Wildman–Crippen LogP) is 4.48. The molecule has 1 aromatic heterocycles. The number of aryl methyl sites for hydroxylation is 2. The number of rotatable bonds is 6. The molecule has 0 aliphatic carbocycles. The molecule has 0 bridgehead atoms. The summed E-state index contributed by atoms with van der Waals surface area (Å²) >= 11 is 9.57. The lowest BCUT2D eigenvalue weighted by Gasteiger charge is -2.11. The van der Waals surface area contributed by atoms with Gasteiger partial charge in [-0.2, -0.15) is 4.80 Å². The number of anilines is 1. The maximum absolute atomic E-state index is 12.2. The lowest BCUT2D eigenvalue weighted by Crippen LogP contribution is -2.14. The molecule has 0 atom stereocenters. The Morgan fingerprint density at radius 2 is 2.04 bits per heavy atom. The van der Waals surface area contributed by atoms with Gasteiger partial charge in [0.1, 0.15) is 0 Å². The summed E-state index contributed by atoms with van der Waals surface area (Å²) in [5.74, 6) is 0.480. The van der Waals surface area contributed by atoms with Crippen molar-refractivity contribution in [3.8, 4) is 11.4 Å². The maximum Gasteiger partial charge on any atom is 0.224 e. The van der Waals surface area contributed by atoms with Crippen LogP contribution < -0.4 is 5.32 Å². The predicted molar refractivity (Wildman–Crippen MR) is 105 cm³/mol. The summed E-state index contributed by atoms with van der Waals surface area (Å²) in [7, 11) is 0. The SMILES string of the molecule is Cc1cc(Br)cc(Cl)c1NC(=O)CCCn1nnc(-c2ccccc2)n1. The molecule has 134 valence electrons. The van der Waals surface area contributed by atoms with Crippen molar-refractivity contribution in [2.75, 3.05) is 5.32 Å². The quantitative estimate of drug-likeness (QED) is 0.621. The number of halogens is 2. The van der Waals surface area contributed by atoms with Crippen molar-refractivity contribution in [3.05, 3.63) is 57.5 Å². The molecule has 3 aromatic rings. The van der Waals surface area contributed by atoms with Crippen LogP contribution in [0.2, 0.25) is 5.02 Å². The second-order valence-electron chi connectivity index (χ2n) is 5.81. The van der Waals surface area contributed by atoms with Gasteiger partial charge in [0.15, 0.2) is 0 Å². The summed E-state index contributed by atoms with van der Waals surface area (Å²) in [6.07, 6.45) is 0.942. The molecule has 2 aromatic carbocycles. The van der Waals surface area contributed by atoms with Crippen molar-refractivity contribution in [2.24, 2.45) is 0 Å². The first kappa shape index (κ1) is 18.5. The highest BCUT2D eigenvalue weighted by Gasteiger charge is 2.11. The number of hydrogen-bond acceptors (Lipinski definition) is 4. The molecular formula is C18H17BrClN5O. The van der Waals surface area contributed by atoms with Gasteiger partial charge in [-0.25, -0.2) is 0 Å². The number of tetrazole rings is 1. The standard InChI is InChI=1S/C18H17BrClN5O/c1-12-10-14(19)11-15(20)17(12)21-16(26)8-5-9-25-23-18(22-24-25)13-6-3-2-4-7-13/h2-4,6-7,10-11H,5,8-9H2,1H3,(H,21,26). The van der Waals surface area contributed by atoms with Crippen LogP contribution in [0.25, 0.3) is 11.4 Å². The van der Waals surface area contributed by atoms with Crippen molar-refractivity contribution >= 4 is 39.1 Å². The maximum atomic E-state index is 12.2. The van der Waals surface area contributed by atoms with E-state index in [-0.39, 0.29) is 5.91 Å². The van der Waals surface area contributed by atoms with Crippen molar-refractivity contribution in [3.63, 3.8) is 0 Å². The van der Waals surface area contributed by atoms with Crippen LogP contribution in [-0.4, -0.2) is 26.1 Å². The molecule has 0 saturated carbocycles.